The van der Waals surface area contributed by atoms with E-state index in [0.29, 0.717) is 24.2 Å². The van der Waals surface area contributed by atoms with Crippen LogP contribution >= 0.6 is 0 Å². The van der Waals surface area contributed by atoms with Gasteiger partial charge in [0.1, 0.15) is 0 Å². The van der Waals surface area contributed by atoms with Crippen LogP contribution in [0.3, 0.4) is 0 Å². The Labute approximate surface area is 170 Å². The van der Waals surface area contributed by atoms with Crippen LogP contribution in [0.5, 0.6) is 0 Å². The Bertz CT molecular complexity index is 934. The molecule has 29 heavy (non-hydrogen) atoms. The second-order valence-corrected chi connectivity index (χ2v) is 6.73. The Balaban J connectivity index is 1.49. The molecule has 150 valence electrons. The maximum atomic E-state index is 12.2. The fourth-order valence-corrected chi connectivity index (χ4v) is 2.98. The highest BCUT2D eigenvalue weighted by Crippen LogP contribution is 2.12. The first-order valence-electron chi connectivity index (χ1n) is 9.56. The summed E-state index contributed by atoms with van der Waals surface area (Å²) in [5.74, 6) is -0.552. The predicted octanol–water partition coefficient (Wildman–Crippen LogP) is 2.82. The summed E-state index contributed by atoms with van der Waals surface area (Å²) in [7, 11) is 0. The second-order valence-electron chi connectivity index (χ2n) is 6.73. The number of anilines is 1. The number of carbonyl (C=O) groups is 2. The zero-order valence-corrected chi connectivity index (χ0v) is 16.4. The third-order valence-electron chi connectivity index (χ3n) is 4.67. The molecule has 0 spiro atoms. The van der Waals surface area contributed by atoms with Gasteiger partial charge in [-0.3, -0.25) is 14.5 Å². The van der Waals surface area contributed by atoms with Crippen molar-refractivity contribution in [3.8, 4) is 5.69 Å². The molecule has 3 N–H and O–H groups in total. The smallest absolute Gasteiger partial charge is 0.248 e. The molecular weight excluding hydrogens is 366 g/mol. The second kappa shape index (κ2) is 9.66. The molecule has 0 aliphatic heterocycles. The Hall–Kier alpha value is -3.45. The van der Waals surface area contributed by atoms with E-state index in [2.05, 4.69) is 34.4 Å². The van der Waals surface area contributed by atoms with Crippen LogP contribution < -0.4 is 11.1 Å². The van der Waals surface area contributed by atoms with Crippen LogP contribution in [0.4, 0.5) is 5.69 Å². The largest absolute Gasteiger partial charge is 0.366 e. The van der Waals surface area contributed by atoms with Crippen LogP contribution in [0.1, 0.15) is 29.3 Å². The quantitative estimate of drug-likeness (QED) is 0.587. The van der Waals surface area contributed by atoms with E-state index in [1.165, 1.54) is 5.56 Å². The highest BCUT2D eigenvalue weighted by atomic mass is 16.2. The average molecular weight is 391 g/mol. The Morgan fingerprint density at radius 2 is 1.83 bits per heavy atom. The summed E-state index contributed by atoms with van der Waals surface area (Å²) >= 11 is 0. The molecule has 2 amide bonds. The maximum Gasteiger partial charge on any atom is 0.248 e. The monoisotopic (exact) mass is 391 g/mol. The molecule has 0 bridgehead atoms. The molecule has 0 aliphatic rings. The standard InChI is InChI=1S/C22H25N5O2/c1-2-26(16-17-4-10-20(11-5-17)27-14-3-13-24-27)15-12-21(28)25-19-8-6-18(7-9-19)22(23)29/h3-11,13-14H,2,12,15-16H2,1H3,(H2,23,29)(H,25,28). The highest BCUT2D eigenvalue weighted by molar-refractivity contribution is 5.94. The van der Waals surface area contributed by atoms with Gasteiger partial charge in [-0.1, -0.05) is 19.1 Å². The van der Waals surface area contributed by atoms with E-state index >= 15 is 0 Å². The summed E-state index contributed by atoms with van der Waals surface area (Å²) < 4.78 is 1.82. The molecule has 3 rings (SSSR count). The van der Waals surface area contributed by atoms with Gasteiger partial charge in [0.25, 0.3) is 0 Å². The summed E-state index contributed by atoms with van der Waals surface area (Å²) in [6.07, 6.45) is 4.05. The van der Waals surface area contributed by atoms with E-state index in [0.717, 1.165) is 18.8 Å². The van der Waals surface area contributed by atoms with E-state index in [-0.39, 0.29) is 5.91 Å². The van der Waals surface area contributed by atoms with Crippen molar-refractivity contribution < 1.29 is 9.59 Å². The third kappa shape index (κ3) is 5.76. The third-order valence-corrected chi connectivity index (χ3v) is 4.67. The van der Waals surface area contributed by atoms with E-state index in [9.17, 15) is 9.59 Å². The molecule has 0 fully saturated rings. The molecule has 1 heterocycles. The van der Waals surface area contributed by atoms with Crippen LogP contribution in [0.15, 0.2) is 67.0 Å². The number of hydrogen-bond donors (Lipinski definition) is 2. The van der Waals surface area contributed by atoms with Crippen LogP contribution in [-0.2, 0) is 11.3 Å². The van der Waals surface area contributed by atoms with Gasteiger partial charge in [0.2, 0.25) is 11.8 Å². The summed E-state index contributed by atoms with van der Waals surface area (Å²) in [5.41, 5.74) is 8.49. The van der Waals surface area contributed by atoms with E-state index < -0.39 is 5.91 Å². The van der Waals surface area contributed by atoms with E-state index in [1.54, 1.807) is 30.5 Å². The van der Waals surface area contributed by atoms with Crippen molar-refractivity contribution in [1.82, 2.24) is 14.7 Å². The van der Waals surface area contributed by atoms with Gasteiger partial charge in [0.05, 0.1) is 5.69 Å². The predicted molar refractivity (Wildman–Crippen MR) is 113 cm³/mol. The Morgan fingerprint density at radius 3 is 2.41 bits per heavy atom. The Kier molecular flexibility index (Phi) is 6.76. The lowest BCUT2D eigenvalue weighted by molar-refractivity contribution is -0.116. The lowest BCUT2D eigenvalue weighted by Crippen LogP contribution is -2.27. The topological polar surface area (TPSA) is 93.3 Å². The van der Waals surface area contributed by atoms with Crippen LogP contribution in [-0.4, -0.2) is 39.6 Å². The molecule has 2 aromatic carbocycles. The summed E-state index contributed by atoms with van der Waals surface area (Å²) in [6, 6.07) is 16.7. The molecule has 7 nitrogen and oxygen atoms in total. The Morgan fingerprint density at radius 1 is 1.10 bits per heavy atom. The number of carbonyl (C=O) groups excluding carboxylic acids is 2. The highest BCUT2D eigenvalue weighted by Gasteiger charge is 2.09. The number of nitrogens with zero attached hydrogens (tertiary/aromatic N) is 3. The molecule has 0 radical (unpaired) electrons. The number of nitrogens with one attached hydrogen (secondary N) is 1. The van der Waals surface area contributed by atoms with Crippen molar-refractivity contribution >= 4 is 17.5 Å². The lowest BCUT2D eigenvalue weighted by atomic mass is 10.2. The molecule has 3 aromatic rings. The van der Waals surface area contributed by atoms with Gasteiger partial charge in [-0.05, 0) is 54.6 Å². The first-order chi connectivity index (χ1) is 14.0. The van der Waals surface area contributed by atoms with Crippen LogP contribution in [0, 0.1) is 0 Å². The van der Waals surface area contributed by atoms with Crippen molar-refractivity contribution in [1.29, 1.82) is 0 Å². The molecule has 0 saturated carbocycles. The molecule has 0 aliphatic carbocycles. The lowest BCUT2D eigenvalue weighted by Gasteiger charge is -2.20. The number of aromatic nitrogens is 2. The van der Waals surface area contributed by atoms with Gasteiger partial charge in [-0.25, -0.2) is 4.68 Å². The summed E-state index contributed by atoms with van der Waals surface area (Å²) in [4.78, 5) is 25.6. The summed E-state index contributed by atoms with van der Waals surface area (Å²) in [5, 5.41) is 7.08. The number of nitrogens with two attached hydrogens (primary N) is 1. The number of hydrogen-bond acceptors (Lipinski definition) is 4. The van der Waals surface area contributed by atoms with Crippen LogP contribution in [0.25, 0.3) is 5.69 Å². The van der Waals surface area contributed by atoms with Crippen LogP contribution in [0.2, 0.25) is 0 Å². The first-order valence-corrected chi connectivity index (χ1v) is 9.56. The van der Waals surface area contributed by atoms with Gasteiger partial charge in [-0.2, -0.15) is 5.10 Å². The number of primary amides is 1. The van der Waals surface area contributed by atoms with E-state index in [4.69, 9.17) is 5.73 Å². The number of amides is 2. The minimum Gasteiger partial charge on any atom is -0.366 e. The van der Waals surface area contributed by atoms with Crippen molar-refractivity contribution in [2.24, 2.45) is 5.73 Å². The van der Waals surface area contributed by atoms with Crippen molar-refractivity contribution in [2.45, 2.75) is 19.9 Å². The number of rotatable bonds is 9. The minimum atomic E-state index is -0.487. The zero-order valence-electron chi connectivity index (χ0n) is 16.4. The molecule has 0 atom stereocenters. The molecule has 7 heteroatoms. The zero-order chi connectivity index (χ0) is 20.6. The fraction of sp³-hybridized carbons (Fsp3) is 0.227. The van der Waals surface area contributed by atoms with Gasteiger partial charge in [0, 0.05) is 43.2 Å². The number of benzene rings is 2. The van der Waals surface area contributed by atoms with Gasteiger partial charge in [0.15, 0.2) is 0 Å². The maximum absolute atomic E-state index is 12.2. The van der Waals surface area contributed by atoms with Gasteiger partial charge in [-0.15, -0.1) is 0 Å². The molecule has 0 unspecified atom stereocenters. The SMILES string of the molecule is CCN(CCC(=O)Nc1ccc(C(N)=O)cc1)Cc1ccc(-n2cccn2)cc1. The molecular formula is C22H25N5O2. The van der Waals surface area contributed by atoms with E-state index in [1.807, 2.05) is 29.1 Å². The molecule has 0 saturated heterocycles. The first kappa shape index (κ1) is 20.3. The minimum absolute atomic E-state index is 0.0655. The van der Waals surface area contributed by atoms with Crippen molar-refractivity contribution in [3.63, 3.8) is 0 Å². The van der Waals surface area contributed by atoms with Crippen molar-refractivity contribution in [3.05, 3.63) is 78.1 Å². The van der Waals surface area contributed by atoms with Gasteiger partial charge < -0.3 is 11.1 Å². The summed E-state index contributed by atoms with van der Waals surface area (Å²) in [6.45, 7) is 4.36. The normalized spacial score (nSPS) is 10.8. The van der Waals surface area contributed by atoms with Gasteiger partial charge >= 0.3 is 0 Å². The molecule has 1 aromatic heterocycles. The van der Waals surface area contributed by atoms with Crippen molar-refractivity contribution in [2.75, 3.05) is 18.4 Å². The fourth-order valence-electron chi connectivity index (χ4n) is 2.98. The average Bonchev–Trinajstić information content (AvgIpc) is 3.27.